The van der Waals surface area contributed by atoms with Crippen molar-refractivity contribution in [1.29, 1.82) is 0 Å². The third kappa shape index (κ3) is 3.10. The van der Waals surface area contributed by atoms with E-state index in [-0.39, 0.29) is 5.91 Å². The minimum Gasteiger partial charge on any atom is -0.399 e. The number of hydrogen-bond acceptors (Lipinski definition) is 3. The van der Waals surface area contributed by atoms with Crippen molar-refractivity contribution in [3.8, 4) is 0 Å². The summed E-state index contributed by atoms with van der Waals surface area (Å²) in [5.74, 6) is 1.08. The molecule has 0 unspecified atom stereocenters. The molecule has 0 aliphatic carbocycles. The van der Waals surface area contributed by atoms with Crippen molar-refractivity contribution in [2.75, 3.05) is 12.3 Å². The summed E-state index contributed by atoms with van der Waals surface area (Å²) in [5.41, 5.74) is 8.44. The van der Waals surface area contributed by atoms with Crippen molar-refractivity contribution in [3.05, 3.63) is 24.0 Å². The van der Waals surface area contributed by atoms with Crippen LogP contribution >= 0.6 is 0 Å². The highest BCUT2D eigenvalue weighted by Crippen LogP contribution is 2.19. The van der Waals surface area contributed by atoms with Gasteiger partial charge in [-0.3, -0.25) is 4.79 Å². The molecule has 0 bridgehead atoms. The lowest BCUT2D eigenvalue weighted by molar-refractivity contribution is -0.121. The molecular formula is C15H22N4O. The molecular weight excluding hydrogens is 252 g/mol. The van der Waals surface area contributed by atoms with Crippen LogP contribution < -0.4 is 11.1 Å². The van der Waals surface area contributed by atoms with E-state index in [1.165, 1.54) is 0 Å². The van der Waals surface area contributed by atoms with Gasteiger partial charge in [-0.05, 0) is 24.6 Å². The highest BCUT2D eigenvalue weighted by atomic mass is 16.1. The summed E-state index contributed by atoms with van der Waals surface area (Å²) >= 11 is 0. The fourth-order valence-corrected chi connectivity index (χ4v) is 2.28. The molecule has 5 nitrogen and oxygen atoms in total. The van der Waals surface area contributed by atoms with E-state index in [9.17, 15) is 4.79 Å². The lowest BCUT2D eigenvalue weighted by Gasteiger charge is -2.08. The predicted octanol–water partition coefficient (Wildman–Crippen LogP) is 2.10. The van der Waals surface area contributed by atoms with Gasteiger partial charge in [0.05, 0.1) is 11.0 Å². The van der Waals surface area contributed by atoms with Gasteiger partial charge in [-0.15, -0.1) is 0 Å². The van der Waals surface area contributed by atoms with Crippen LogP contribution in [0.5, 0.6) is 0 Å². The number of fused-ring (bicyclic) bond motifs is 1. The van der Waals surface area contributed by atoms with E-state index in [1.807, 2.05) is 25.1 Å². The van der Waals surface area contributed by atoms with E-state index in [1.54, 1.807) is 0 Å². The lowest BCUT2D eigenvalue weighted by atomic mass is 10.2. The summed E-state index contributed by atoms with van der Waals surface area (Å²) in [6.45, 7) is 5.50. The SMILES string of the molecule is CCCNC(=O)CCn1c(CC)nc2cc(N)ccc21. The van der Waals surface area contributed by atoms with Crippen LogP contribution in [0, 0.1) is 0 Å². The number of benzene rings is 1. The fourth-order valence-electron chi connectivity index (χ4n) is 2.28. The minimum atomic E-state index is 0.0891. The largest absolute Gasteiger partial charge is 0.399 e. The summed E-state index contributed by atoms with van der Waals surface area (Å²) in [6.07, 6.45) is 2.27. The minimum absolute atomic E-state index is 0.0891. The molecule has 2 rings (SSSR count). The Labute approximate surface area is 119 Å². The molecule has 108 valence electrons. The maximum absolute atomic E-state index is 11.7. The maximum Gasteiger partial charge on any atom is 0.221 e. The second kappa shape index (κ2) is 6.41. The van der Waals surface area contributed by atoms with Gasteiger partial charge >= 0.3 is 0 Å². The Morgan fingerprint density at radius 2 is 2.20 bits per heavy atom. The molecule has 5 heteroatoms. The zero-order valence-corrected chi connectivity index (χ0v) is 12.1. The van der Waals surface area contributed by atoms with Crippen LogP contribution in [0.2, 0.25) is 0 Å². The fraction of sp³-hybridized carbons (Fsp3) is 0.467. The summed E-state index contributed by atoms with van der Waals surface area (Å²) in [5, 5.41) is 2.90. The molecule has 3 N–H and O–H groups in total. The second-order valence-electron chi connectivity index (χ2n) is 4.88. The van der Waals surface area contributed by atoms with E-state index >= 15 is 0 Å². The van der Waals surface area contributed by atoms with Crippen LogP contribution in [-0.2, 0) is 17.8 Å². The number of nitrogens with zero attached hydrogens (tertiary/aromatic N) is 2. The van der Waals surface area contributed by atoms with Crippen molar-refractivity contribution in [3.63, 3.8) is 0 Å². The molecule has 0 aliphatic rings. The number of hydrogen-bond donors (Lipinski definition) is 2. The van der Waals surface area contributed by atoms with Crippen molar-refractivity contribution < 1.29 is 4.79 Å². The Kier molecular flexibility index (Phi) is 4.61. The third-order valence-electron chi connectivity index (χ3n) is 3.30. The van der Waals surface area contributed by atoms with E-state index < -0.39 is 0 Å². The van der Waals surface area contributed by atoms with E-state index in [4.69, 9.17) is 5.73 Å². The van der Waals surface area contributed by atoms with Crippen LogP contribution in [0.4, 0.5) is 5.69 Å². The average molecular weight is 274 g/mol. The molecule has 2 aromatic rings. The van der Waals surface area contributed by atoms with Gasteiger partial charge in [0.2, 0.25) is 5.91 Å². The number of rotatable bonds is 6. The van der Waals surface area contributed by atoms with Gasteiger partial charge in [-0.2, -0.15) is 0 Å². The van der Waals surface area contributed by atoms with E-state index in [0.717, 1.165) is 36.2 Å². The average Bonchev–Trinajstić information content (AvgIpc) is 2.79. The van der Waals surface area contributed by atoms with Crippen LogP contribution in [-0.4, -0.2) is 22.0 Å². The Morgan fingerprint density at radius 1 is 1.40 bits per heavy atom. The molecule has 1 aromatic carbocycles. The first kappa shape index (κ1) is 14.4. The molecule has 0 saturated carbocycles. The van der Waals surface area contributed by atoms with Crippen molar-refractivity contribution >= 4 is 22.6 Å². The number of amides is 1. The van der Waals surface area contributed by atoms with Gasteiger partial charge in [0.15, 0.2) is 0 Å². The Balaban J connectivity index is 2.18. The van der Waals surface area contributed by atoms with Gasteiger partial charge < -0.3 is 15.6 Å². The number of anilines is 1. The Bertz CT molecular complexity index is 603. The van der Waals surface area contributed by atoms with Gasteiger partial charge in [-0.25, -0.2) is 4.98 Å². The number of carbonyl (C=O) groups excluding carboxylic acids is 1. The van der Waals surface area contributed by atoms with Gasteiger partial charge in [0, 0.05) is 31.6 Å². The molecule has 1 heterocycles. The number of nitrogen functional groups attached to an aromatic ring is 1. The summed E-state index contributed by atoms with van der Waals surface area (Å²) < 4.78 is 2.11. The topological polar surface area (TPSA) is 72.9 Å². The first-order valence-corrected chi connectivity index (χ1v) is 7.17. The van der Waals surface area contributed by atoms with Crippen molar-refractivity contribution in [2.45, 2.75) is 39.7 Å². The molecule has 0 fully saturated rings. The van der Waals surface area contributed by atoms with Gasteiger partial charge in [-0.1, -0.05) is 13.8 Å². The van der Waals surface area contributed by atoms with Crippen LogP contribution in [0.3, 0.4) is 0 Å². The molecule has 0 saturated heterocycles. The first-order chi connectivity index (χ1) is 9.65. The second-order valence-corrected chi connectivity index (χ2v) is 4.88. The normalized spacial score (nSPS) is 10.9. The first-order valence-electron chi connectivity index (χ1n) is 7.17. The Morgan fingerprint density at radius 3 is 2.90 bits per heavy atom. The lowest BCUT2D eigenvalue weighted by Crippen LogP contribution is -2.25. The highest BCUT2D eigenvalue weighted by Gasteiger charge is 2.10. The molecule has 0 atom stereocenters. The number of nitrogens with one attached hydrogen (secondary N) is 1. The zero-order chi connectivity index (χ0) is 14.5. The number of aromatic nitrogens is 2. The number of nitrogens with two attached hydrogens (primary N) is 1. The smallest absolute Gasteiger partial charge is 0.221 e. The van der Waals surface area contributed by atoms with E-state index in [0.29, 0.717) is 18.7 Å². The van der Waals surface area contributed by atoms with E-state index in [2.05, 4.69) is 21.8 Å². The number of aryl methyl sites for hydroxylation is 2. The van der Waals surface area contributed by atoms with Crippen LogP contribution in [0.15, 0.2) is 18.2 Å². The number of imidazole rings is 1. The zero-order valence-electron chi connectivity index (χ0n) is 12.1. The van der Waals surface area contributed by atoms with Crippen LogP contribution in [0.25, 0.3) is 11.0 Å². The van der Waals surface area contributed by atoms with Crippen molar-refractivity contribution in [2.24, 2.45) is 0 Å². The van der Waals surface area contributed by atoms with Gasteiger partial charge in [0.1, 0.15) is 5.82 Å². The number of carbonyl (C=O) groups is 1. The maximum atomic E-state index is 11.7. The summed E-state index contributed by atoms with van der Waals surface area (Å²) in [7, 11) is 0. The van der Waals surface area contributed by atoms with Crippen LogP contribution in [0.1, 0.15) is 32.5 Å². The molecule has 0 aliphatic heterocycles. The highest BCUT2D eigenvalue weighted by molar-refractivity contribution is 5.80. The molecule has 0 radical (unpaired) electrons. The molecule has 1 amide bonds. The molecule has 20 heavy (non-hydrogen) atoms. The Hall–Kier alpha value is -2.04. The molecule has 0 spiro atoms. The molecule has 1 aromatic heterocycles. The third-order valence-corrected chi connectivity index (χ3v) is 3.30. The standard InChI is InChI=1S/C15H22N4O/c1-3-8-17-15(20)7-9-19-13-6-5-11(16)10-12(13)18-14(19)4-2/h5-6,10H,3-4,7-9,16H2,1-2H3,(H,17,20). The monoisotopic (exact) mass is 274 g/mol. The van der Waals surface area contributed by atoms with Crippen molar-refractivity contribution in [1.82, 2.24) is 14.9 Å². The predicted molar refractivity (Wildman–Crippen MR) is 81.4 cm³/mol. The summed E-state index contributed by atoms with van der Waals surface area (Å²) in [4.78, 5) is 16.3. The van der Waals surface area contributed by atoms with Gasteiger partial charge in [0.25, 0.3) is 0 Å². The quantitative estimate of drug-likeness (QED) is 0.792. The summed E-state index contributed by atoms with van der Waals surface area (Å²) in [6, 6.07) is 5.72.